The number of hydrogen-bond donors (Lipinski definition) is 1. The fourth-order valence-electron chi connectivity index (χ4n) is 1.48. The van der Waals surface area contributed by atoms with Crippen LogP contribution in [0, 0.1) is 0 Å². The van der Waals surface area contributed by atoms with Crippen LogP contribution in [0.15, 0.2) is 45.3 Å². The van der Waals surface area contributed by atoms with Gasteiger partial charge in [-0.3, -0.25) is 0 Å². The highest BCUT2D eigenvalue weighted by Crippen LogP contribution is 2.29. The maximum atomic E-state index is 10.7. The summed E-state index contributed by atoms with van der Waals surface area (Å²) in [6.07, 6.45) is -0.364. The molecule has 1 aromatic heterocycles. The van der Waals surface area contributed by atoms with Crippen molar-refractivity contribution >= 4 is 21.9 Å². The number of halogens is 1. The van der Waals surface area contributed by atoms with E-state index in [-0.39, 0.29) is 11.9 Å². The zero-order valence-electron chi connectivity index (χ0n) is 9.59. The normalized spacial score (nSPS) is 12.1. The average Bonchev–Trinajstić information content (AvgIpc) is 2.81. The van der Waals surface area contributed by atoms with Crippen LogP contribution in [0.3, 0.4) is 0 Å². The molecule has 4 nitrogen and oxygen atoms in total. The molecule has 0 aliphatic heterocycles. The van der Waals surface area contributed by atoms with E-state index in [0.717, 1.165) is 4.47 Å². The predicted molar refractivity (Wildman–Crippen MR) is 68.9 cm³/mol. The fraction of sp³-hybridized carbons (Fsp3) is 0.154. The number of carbonyl (C=O) groups is 1. The van der Waals surface area contributed by atoms with Crippen LogP contribution in [0.4, 0.5) is 0 Å². The van der Waals surface area contributed by atoms with Crippen molar-refractivity contribution in [1.82, 2.24) is 0 Å². The Balaban J connectivity index is 2.14. The van der Waals surface area contributed by atoms with Gasteiger partial charge in [-0.15, -0.1) is 0 Å². The molecule has 5 heteroatoms. The number of rotatable bonds is 4. The maximum Gasteiger partial charge on any atom is 0.371 e. The van der Waals surface area contributed by atoms with Gasteiger partial charge in [0, 0.05) is 0 Å². The van der Waals surface area contributed by atoms with Crippen molar-refractivity contribution in [3.8, 4) is 5.75 Å². The summed E-state index contributed by atoms with van der Waals surface area (Å²) < 4.78 is 11.7. The molecule has 0 saturated carbocycles. The van der Waals surface area contributed by atoms with E-state index in [4.69, 9.17) is 14.3 Å². The van der Waals surface area contributed by atoms with E-state index in [0.29, 0.717) is 11.5 Å². The van der Waals surface area contributed by atoms with Crippen LogP contribution in [0.2, 0.25) is 0 Å². The quantitative estimate of drug-likeness (QED) is 0.931. The van der Waals surface area contributed by atoms with Crippen molar-refractivity contribution in [2.24, 2.45) is 0 Å². The molecular weight excluding hydrogens is 300 g/mol. The molecule has 1 aromatic carbocycles. The lowest BCUT2D eigenvalue weighted by Gasteiger charge is -2.13. The number of benzene rings is 1. The molecule has 1 N–H and O–H groups in total. The summed E-state index contributed by atoms with van der Waals surface area (Å²) in [5.74, 6) is -0.0247. The summed E-state index contributed by atoms with van der Waals surface area (Å²) in [6.45, 7) is 1.80. The van der Waals surface area contributed by atoms with Crippen molar-refractivity contribution in [2.45, 2.75) is 13.0 Å². The summed E-state index contributed by atoms with van der Waals surface area (Å²) in [7, 11) is 0. The molecule has 0 aliphatic rings. The monoisotopic (exact) mass is 310 g/mol. The molecule has 0 aliphatic carbocycles. The van der Waals surface area contributed by atoms with Gasteiger partial charge in [-0.1, -0.05) is 12.1 Å². The molecule has 0 fully saturated rings. The van der Waals surface area contributed by atoms with Gasteiger partial charge in [0.1, 0.15) is 11.5 Å². The molecule has 1 atom stereocenters. The van der Waals surface area contributed by atoms with E-state index in [1.807, 2.05) is 24.3 Å². The van der Waals surface area contributed by atoms with Gasteiger partial charge in [-0.2, -0.15) is 0 Å². The molecule has 0 amide bonds. The van der Waals surface area contributed by atoms with Gasteiger partial charge in [-0.05, 0) is 47.1 Å². The topological polar surface area (TPSA) is 59.7 Å². The number of aromatic carboxylic acids is 1. The molecule has 2 aromatic rings. The second-order valence-corrected chi connectivity index (χ2v) is 4.55. The van der Waals surface area contributed by atoms with Gasteiger partial charge in [0.15, 0.2) is 6.10 Å². The van der Waals surface area contributed by atoms with Crippen LogP contribution in [0.5, 0.6) is 5.75 Å². The Labute approximate surface area is 112 Å². The SMILES string of the molecule is CC(Oc1ccccc1Br)c1ccc(C(=O)O)o1. The number of hydrogen-bond acceptors (Lipinski definition) is 3. The van der Waals surface area contributed by atoms with Gasteiger partial charge in [0.05, 0.1) is 4.47 Å². The number of carboxylic acids is 1. The van der Waals surface area contributed by atoms with Crippen molar-refractivity contribution in [3.05, 3.63) is 52.4 Å². The Morgan fingerprint density at radius 1 is 1.33 bits per heavy atom. The molecule has 2 rings (SSSR count). The van der Waals surface area contributed by atoms with E-state index < -0.39 is 5.97 Å². The Morgan fingerprint density at radius 2 is 2.06 bits per heavy atom. The smallest absolute Gasteiger partial charge is 0.371 e. The first-order valence-electron chi connectivity index (χ1n) is 5.32. The van der Waals surface area contributed by atoms with Crippen molar-refractivity contribution in [2.75, 3.05) is 0 Å². The Bertz CT molecular complexity index is 562. The fourth-order valence-corrected chi connectivity index (χ4v) is 1.85. The Morgan fingerprint density at radius 3 is 2.67 bits per heavy atom. The van der Waals surface area contributed by atoms with E-state index in [1.165, 1.54) is 6.07 Å². The van der Waals surface area contributed by atoms with Gasteiger partial charge >= 0.3 is 5.97 Å². The summed E-state index contributed by atoms with van der Waals surface area (Å²) >= 11 is 3.38. The van der Waals surface area contributed by atoms with Crippen LogP contribution in [0.1, 0.15) is 29.3 Å². The number of carboxylic acid groups (broad SMARTS) is 1. The van der Waals surface area contributed by atoms with Crippen molar-refractivity contribution in [3.63, 3.8) is 0 Å². The number of para-hydroxylation sites is 1. The second kappa shape index (κ2) is 5.27. The van der Waals surface area contributed by atoms with E-state index in [2.05, 4.69) is 15.9 Å². The minimum atomic E-state index is -1.09. The largest absolute Gasteiger partial charge is 0.482 e. The summed E-state index contributed by atoms with van der Waals surface area (Å²) in [5, 5.41) is 8.77. The lowest BCUT2D eigenvalue weighted by molar-refractivity contribution is 0.0655. The van der Waals surface area contributed by atoms with Crippen LogP contribution >= 0.6 is 15.9 Å². The molecule has 1 unspecified atom stereocenters. The molecule has 18 heavy (non-hydrogen) atoms. The Kier molecular flexibility index (Phi) is 3.72. The highest BCUT2D eigenvalue weighted by Gasteiger charge is 2.16. The predicted octanol–water partition coefficient (Wildman–Crippen LogP) is 3.88. The van der Waals surface area contributed by atoms with Crippen LogP contribution in [-0.2, 0) is 0 Å². The molecule has 0 spiro atoms. The molecule has 94 valence electrons. The highest BCUT2D eigenvalue weighted by atomic mass is 79.9. The summed E-state index contributed by atoms with van der Waals surface area (Å²) in [5.41, 5.74) is 0. The van der Waals surface area contributed by atoms with Crippen LogP contribution in [0.25, 0.3) is 0 Å². The van der Waals surface area contributed by atoms with Gasteiger partial charge in [0.2, 0.25) is 5.76 Å². The minimum Gasteiger partial charge on any atom is -0.482 e. The van der Waals surface area contributed by atoms with Crippen LogP contribution in [-0.4, -0.2) is 11.1 Å². The molecule has 0 saturated heterocycles. The molecule has 0 bridgehead atoms. The molecule has 0 radical (unpaired) electrons. The zero-order valence-corrected chi connectivity index (χ0v) is 11.2. The first kappa shape index (κ1) is 12.7. The van der Waals surface area contributed by atoms with E-state index in [9.17, 15) is 4.79 Å². The maximum absolute atomic E-state index is 10.7. The minimum absolute atomic E-state index is 0.0902. The summed E-state index contributed by atoms with van der Waals surface area (Å²) in [4.78, 5) is 10.7. The zero-order chi connectivity index (χ0) is 13.1. The van der Waals surface area contributed by atoms with Crippen molar-refractivity contribution in [1.29, 1.82) is 0 Å². The third-order valence-corrected chi connectivity index (χ3v) is 3.03. The van der Waals surface area contributed by atoms with Crippen LogP contribution < -0.4 is 4.74 Å². The lowest BCUT2D eigenvalue weighted by Crippen LogP contribution is -2.02. The second-order valence-electron chi connectivity index (χ2n) is 3.70. The molecule has 1 heterocycles. The first-order valence-corrected chi connectivity index (χ1v) is 6.11. The van der Waals surface area contributed by atoms with Gasteiger partial charge < -0.3 is 14.3 Å². The average molecular weight is 311 g/mol. The molecular formula is C13H11BrO4. The lowest BCUT2D eigenvalue weighted by atomic mass is 10.3. The van der Waals surface area contributed by atoms with Gasteiger partial charge in [-0.25, -0.2) is 4.79 Å². The van der Waals surface area contributed by atoms with Gasteiger partial charge in [0.25, 0.3) is 0 Å². The Hall–Kier alpha value is -1.75. The van der Waals surface area contributed by atoms with E-state index in [1.54, 1.807) is 13.0 Å². The third kappa shape index (κ3) is 2.73. The van der Waals surface area contributed by atoms with Crippen molar-refractivity contribution < 1.29 is 19.1 Å². The number of furan rings is 1. The highest BCUT2D eigenvalue weighted by molar-refractivity contribution is 9.10. The number of ether oxygens (including phenoxy) is 1. The third-order valence-electron chi connectivity index (χ3n) is 2.38. The van der Waals surface area contributed by atoms with E-state index >= 15 is 0 Å². The first-order chi connectivity index (χ1) is 8.58. The standard InChI is InChI=1S/C13H11BrO4/c1-8(10-6-7-12(18-10)13(15)16)17-11-5-3-2-4-9(11)14/h2-8H,1H3,(H,15,16). The summed E-state index contributed by atoms with van der Waals surface area (Å²) in [6, 6.07) is 10.5.